The molecule has 33 heavy (non-hydrogen) atoms. The maximum atomic E-state index is 12.6. The van der Waals surface area contributed by atoms with Crippen molar-refractivity contribution in [3.63, 3.8) is 0 Å². The first-order valence-electron chi connectivity index (χ1n) is 11.9. The fourth-order valence-electron chi connectivity index (χ4n) is 6.85. The molecule has 1 amide bonds. The molecular weight excluding hydrogens is 424 g/mol. The van der Waals surface area contributed by atoms with Gasteiger partial charge in [0.05, 0.1) is 24.5 Å². The van der Waals surface area contributed by atoms with Gasteiger partial charge in [-0.3, -0.25) is 14.5 Å². The topological polar surface area (TPSA) is 108 Å². The van der Waals surface area contributed by atoms with E-state index >= 15 is 0 Å². The van der Waals surface area contributed by atoms with Crippen LogP contribution in [0.3, 0.4) is 0 Å². The lowest BCUT2D eigenvalue weighted by atomic mass is 9.49. The monoisotopic (exact) mass is 454 g/mol. The number of nitrogens with one attached hydrogen (secondary N) is 1. The summed E-state index contributed by atoms with van der Waals surface area (Å²) < 4.78 is 11.0. The quantitative estimate of drug-likeness (QED) is 0.437. The third kappa shape index (κ3) is 2.89. The number of esters is 1. The molecule has 1 saturated heterocycles. The number of amides is 1. The molecule has 2 fully saturated rings. The summed E-state index contributed by atoms with van der Waals surface area (Å²) in [5, 5.41) is 25.6. The molecule has 0 unspecified atom stereocenters. The predicted molar refractivity (Wildman–Crippen MR) is 118 cm³/mol. The van der Waals surface area contributed by atoms with Gasteiger partial charge in [0.1, 0.15) is 12.6 Å². The van der Waals surface area contributed by atoms with Gasteiger partial charge in [0.15, 0.2) is 11.5 Å². The van der Waals surface area contributed by atoms with Crippen LogP contribution in [0.25, 0.3) is 0 Å². The third-order valence-electron chi connectivity index (χ3n) is 8.55. The van der Waals surface area contributed by atoms with Gasteiger partial charge >= 0.3 is 5.97 Å². The van der Waals surface area contributed by atoms with E-state index in [0.717, 1.165) is 42.1 Å². The van der Waals surface area contributed by atoms with Gasteiger partial charge in [0.2, 0.25) is 5.91 Å². The Morgan fingerprint density at radius 3 is 2.91 bits per heavy atom. The van der Waals surface area contributed by atoms with Gasteiger partial charge in [-0.1, -0.05) is 12.1 Å². The number of nitrogens with zero attached hydrogens (tertiary/aromatic N) is 1. The van der Waals surface area contributed by atoms with E-state index in [1.54, 1.807) is 6.07 Å². The predicted octanol–water partition coefficient (Wildman–Crippen LogP) is 1.17. The molecule has 6 rings (SSSR count). The molecule has 1 aromatic carbocycles. The molecule has 5 aliphatic rings. The van der Waals surface area contributed by atoms with E-state index in [1.807, 2.05) is 12.1 Å². The van der Waals surface area contributed by atoms with Gasteiger partial charge in [0, 0.05) is 18.2 Å². The molecule has 1 saturated carbocycles. The summed E-state index contributed by atoms with van der Waals surface area (Å²) in [6.07, 6.45) is 5.90. The van der Waals surface area contributed by atoms with E-state index in [-0.39, 0.29) is 30.7 Å². The van der Waals surface area contributed by atoms with Crippen LogP contribution < -0.4 is 10.1 Å². The highest BCUT2D eigenvalue weighted by Gasteiger charge is 2.71. The van der Waals surface area contributed by atoms with Crippen molar-refractivity contribution < 1.29 is 29.3 Å². The highest BCUT2D eigenvalue weighted by Crippen LogP contribution is 2.65. The average Bonchev–Trinajstić information content (AvgIpc) is 3.54. The van der Waals surface area contributed by atoms with Crippen molar-refractivity contribution in [2.45, 2.75) is 61.7 Å². The van der Waals surface area contributed by atoms with Crippen molar-refractivity contribution in [3.05, 3.63) is 34.9 Å². The number of phenols is 1. The number of ether oxygens (including phenoxy) is 2. The second kappa shape index (κ2) is 7.21. The number of phenolic OH excluding ortho intramolecular Hbond substituents is 1. The highest BCUT2D eigenvalue weighted by atomic mass is 16.5. The minimum Gasteiger partial charge on any atom is -0.504 e. The Labute approximate surface area is 192 Å². The summed E-state index contributed by atoms with van der Waals surface area (Å²) in [5.41, 5.74) is 1.13. The summed E-state index contributed by atoms with van der Waals surface area (Å²) in [7, 11) is 1.28. The number of piperidine rings is 1. The number of likely N-dealkylation sites (tertiary alicyclic amines) is 1. The Morgan fingerprint density at radius 1 is 1.33 bits per heavy atom. The van der Waals surface area contributed by atoms with E-state index in [2.05, 4.69) is 15.0 Å². The molecule has 8 heteroatoms. The molecule has 2 bridgehead atoms. The van der Waals surface area contributed by atoms with Gasteiger partial charge in [0.25, 0.3) is 0 Å². The van der Waals surface area contributed by atoms with Crippen molar-refractivity contribution in [3.8, 4) is 11.5 Å². The number of rotatable bonds is 6. The molecule has 1 spiro atoms. The number of carbonyl (C=O) groups is 2. The normalized spacial score (nSPS) is 33.6. The van der Waals surface area contributed by atoms with Crippen LogP contribution in [0.15, 0.2) is 23.8 Å². The van der Waals surface area contributed by atoms with E-state index in [4.69, 9.17) is 4.74 Å². The van der Waals surface area contributed by atoms with Crippen LogP contribution in [0, 0.1) is 5.92 Å². The zero-order valence-electron chi connectivity index (χ0n) is 18.8. The number of methoxy groups -OCH3 is 1. The van der Waals surface area contributed by atoms with Gasteiger partial charge in [-0.25, -0.2) is 0 Å². The van der Waals surface area contributed by atoms with Crippen molar-refractivity contribution in [2.24, 2.45) is 5.92 Å². The lowest BCUT2D eigenvalue weighted by Gasteiger charge is -2.62. The minimum absolute atomic E-state index is 0.0214. The first-order valence-corrected chi connectivity index (χ1v) is 11.9. The Hall–Kier alpha value is -2.58. The number of aliphatic hydroxyl groups is 1. The SMILES string of the molecule is COC(=O)CNC(=O)CC1=CC[C@@]2(O)[C@H]3Cc4ccc(O)c5c4[C@@]2(CCN3CC2CC2)[C@H]1O5. The van der Waals surface area contributed by atoms with Crippen molar-refractivity contribution >= 4 is 11.9 Å². The molecule has 176 valence electrons. The van der Waals surface area contributed by atoms with Gasteiger partial charge in [-0.05, 0) is 61.8 Å². The smallest absolute Gasteiger partial charge is 0.325 e. The molecule has 0 aromatic heterocycles. The maximum Gasteiger partial charge on any atom is 0.325 e. The van der Waals surface area contributed by atoms with Crippen LogP contribution in [-0.2, 0) is 26.2 Å². The third-order valence-corrected chi connectivity index (χ3v) is 8.55. The van der Waals surface area contributed by atoms with Gasteiger partial charge in [-0.2, -0.15) is 0 Å². The Balaban J connectivity index is 1.38. The van der Waals surface area contributed by atoms with Crippen LogP contribution in [0.4, 0.5) is 0 Å². The van der Waals surface area contributed by atoms with Gasteiger partial charge < -0.3 is 25.0 Å². The minimum atomic E-state index is -1.02. The first kappa shape index (κ1) is 21.0. The van der Waals surface area contributed by atoms with Crippen LogP contribution in [0.1, 0.15) is 43.2 Å². The fourth-order valence-corrected chi connectivity index (χ4v) is 6.85. The summed E-state index contributed by atoms with van der Waals surface area (Å²) in [6.45, 7) is 1.69. The van der Waals surface area contributed by atoms with Crippen LogP contribution >= 0.6 is 0 Å². The van der Waals surface area contributed by atoms with Crippen molar-refractivity contribution in [1.82, 2.24) is 10.2 Å². The molecule has 2 heterocycles. The standard InChI is InChI=1S/C25H30N2O6/c1-32-20(30)12-26-19(29)11-16-6-7-25(31)18-10-15-4-5-17(28)22-21(15)24(25,23(16)33-22)8-9-27(18)13-14-2-3-14/h4-6,14,18,23,28,31H,2-3,7-13H2,1H3,(H,26,29)/t18-,23+,24+,25-/m1/s1. The average molecular weight is 455 g/mol. The van der Waals surface area contributed by atoms with E-state index in [9.17, 15) is 19.8 Å². The molecule has 0 radical (unpaired) electrons. The first-order chi connectivity index (χ1) is 15.9. The molecule has 4 atom stereocenters. The van der Waals surface area contributed by atoms with E-state index in [0.29, 0.717) is 18.6 Å². The zero-order valence-corrected chi connectivity index (χ0v) is 18.8. The number of hydrogen-bond donors (Lipinski definition) is 3. The Morgan fingerprint density at radius 2 is 2.15 bits per heavy atom. The number of benzene rings is 1. The molecule has 1 aromatic rings. The Kier molecular flexibility index (Phi) is 4.58. The van der Waals surface area contributed by atoms with Crippen LogP contribution in [0.5, 0.6) is 11.5 Å². The molecule has 2 aliphatic heterocycles. The summed E-state index contributed by atoms with van der Waals surface area (Å²) in [6, 6.07) is 3.63. The van der Waals surface area contributed by atoms with Gasteiger partial charge in [-0.15, -0.1) is 0 Å². The fraction of sp³-hybridized carbons (Fsp3) is 0.600. The van der Waals surface area contributed by atoms with Crippen molar-refractivity contribution in [2.75, 3.05) is 26.7 Å². The lowest BCUT2D eigenvalue weighted by molar-refractivity contribution is -0.164. The number of carbonyl (C=O) groups excluding carboxylic acids is 2. The lowest BCUT2D eigenvalue weighted by Crippen LogP contribution is -2.75. The highest BCUT2D eigenvalue weighted by molar-refractivity contribution is 5.84. The van der Waals surface area contributed by atoms with Crippen LogP contribution in [0.2, 0.25) is 0 Å². The molecule has 8 nitrogen and oxygen atoms in total. The molecular formula is C25H30N2O6. The van der Waals surface area contributed by atoms with Crippen LogP contribution in [-0.4, -0.2) is 71.5 Å². The van der Waals surface area contributed by atoms with Crippen molar-refractivity contribution in [1.29, 1.82) is 0 Å². The maximum absolute atomic E-state index is 12.6. The van der Waals surface area contributed by atoms with E-state index in [1.165, 1.54) is 20.0 Å². The Bertz CT molecular complexity index is 1070. The summed E-state index contributed by atoms with van der Waals surface area (Å²) in [5.74, 6) is 0.450. The summed E-state index contributed by atoms with van der Waals surface area (Å²) >= 11 is 0. The summed E-state index contributed by atoms with van der Waals surface area (Å²) in [4.78, 5) is 26.5. The second-order valence-electron chi connectivity index (χ2n) is 10.3. The second-order valence-corrected chi connectivity index (χ2v) is 10.3. The number of hydrogen-bond acceptors (Lipinski definition) is 7. The molecule has 3 aliphatic carbocycles. The molecule has 3 N–H and O–H groups in total. The van der Waals surface area contributed by atoms with E-state index < -0.39 is 23.1 Å². The number of aromatic hydroxyl groups is 1. The zero-order chi connectivity index (χ0) is 23.0. The largest absolute Gasteiger partial charge is 0.504 e.